The molecule has 0 aliphatic heterocycles. The first-order valence-electron chi connectivity index (χ1n) is 4.53. The molecular weight excluding hydrogens is 178 g/mol. The van der Waals surface area contributed by atoms with Crippen molar-refractivity contribution in [3.63, 3.8) is 0 Å². The molecule has 3 heteroatoms. The molecule has 1 aromatic rings. The van der Waals surface area contributed by atoms with Gasteiger partial charge in [-0.1, -0.05) is 20.8 Å². The second kappa shape index (κ2) is 3.40. The molecule has 0 radical (unpaired) electrons. The van der Waals surface area contributed by atoms with Gasteiger partial charge in [0.25, 0.3) is 0 Å². The number of aromatic nitrogens is 1. The van der Waals surface area contributed by atoms with Crippen molar-refractivity contribution >= 4 is 5.97 Å². The zero-order valence-corrected chi connectivity index (χ0v) is 8.96. The molecule has 14 heavy (non-hydrogen) atoms. The number of carboxylic acid groups (broad SMARTS) is 1. The average Bonchev–Trinajstić information content (AvgIpc) is 2.01. The van der Waals surface area contributed by atoms with Crippen molar-refractivity contribution < 1.29 is 9.90 Å². The van der Waals surface area contributed by atoms with Crippen LogP contribution in [0.1, 0.15) is 42.4 Å². The van der Waals surface area contributed by atoms with E-state index in [0.717, 1.165) is 5.56 Å². The highest BCUT2D eigenvalue weighted by molar-refractivity contribution is 5.90. The van der Waals surface area contributed by atoms with Crippen LogP contribution in [-0.4, -0.2) is 16.1 Å². The number of hydrogen-bond donors (Lipinski definition) is 1. The second-order valence-corrected chi connectivity index (χ2v) is 4.41. The molecule has 1 heterocycles. The fourth-order valence-electron chi connectivity index (χ4n) is 1.40. The topological polar surface area (TPSA) is 50.2 Å². The summed E-state index contributed by atoms with van der Waals surface area (Å²) in [5, 5.41) is 9.07. The van der Waals surface area contributed by atoms with Gasteiger partial charge in [-0.2, -0.15) is 0 Å². The molecule has 1 rings (SSSR count). The van der Waals surface area contributed by atoms with Crippen LogP contribution in [0.15, 0.2) is 12.3 Å². The van der Waals surface area contributed by atoms with E-state index in [2.05, 4.69) is 4.98 Å². The summed E-state index contributed by atoms with van der Waals surface area (Å²) in [4.78, 5) is 15.2. The number of aromatic carboxylic acids is 1. The third-order valence-corrected chi connectivity index (χ3v) is 2.08. The summed E-state index contributed by atoms with van der Waals surface area (Å²) in [6.45, 7) is 7.67. The van der Waals surface area contributed by atoms with Gasteiger partial charge in [-0.25, -0.2) is 4.79 Å². The van der Waals surface area contributed by atoms with Crippen molar-refractivity contribution in [2.45, 2.75) is 33.1 Å². The van der Waals surface area contributed by atoms with Crippen molar-refractivity contribution in [3.05, 3.63) is 29.1 Å². The van der Waals surface area contributed by atoms with Crippen molar-refractivity contribution in [1.82, 2.24) is 4.98 Å². The number of hydrogen-bond acceptors (Lipinski definition) is 2. The van der Waals surface area contributed by atoms with Gasteiger partial charge in [0, 0.05) is 11.6 Å². The predicted octanol–water partition coefficient (Wildman–Crippen LogP) is 2.39. The summed E-state index contributed by atoms with van der Waals surface area (Å²) >= 11 is 0. The number of aryl methyl sites for hydroxylation is 1. The molecule has 0 amide bonds. The van der Waals surface area contributed by atoms with Gasteiger partial charge in [0.1, 0.15) is 0 Å². The first-order chi connectivity index (χ1) is 6.34. The molecule has 0 unspecified atom stereocenters. The van der Waals surface area contributed by atoms with Crippen LogP contribution in [-0.2, 0) is 5.41 Å². The molecule has 0 saturated carbocycles. The summed E-state index contributed by atoms with van der Waals surface area (Å²) in [6, 6.07) is 1.72. The van der Waals surface area contributed by atoms with E-state index in [1.807, 2.05) is 20.8 Å². The van der Waals surface area contributed by atoms with Crippen LogP contribution in [0, 0.1) is 6.92 Å². The smallest absolute Gasteiger partial charge is 0.337 e. The van der Waals surface area contributed by atoms with Gasteiger partial charge in [-0.05, 0) is 18.6 Å². The molecule has 0 aromatic carbocycles. The van der Waals surface area contributed by atoms with E-state index in [4.69, 9.17) is 5.11 Å². The fraction of sp³-hybridized carbons (Fsp3) is 0.455. The van der Waals surface area contributed by atoms with Gasteiger partial charge < -0.3 is 5.11 Å². The number of carbonyl (C=O) groups is 1. The number of nitrogens with zero attached hydrogens (tertiary/aromatic N) is 1. The van der Waals surface area contributed by atoms with Crippen molar-refractivity contribution in [3.8, 4) is 0 Å². The SMILES string of the molecule is Cc1ccnc(C(C)(C)C)c1C(=O)O. The monoisotopic (exact) mass is 193 g/mol. The van der Waals surface area contributed by atoms with Gasteiger partial charge in [-0.3, -0.25) is 4.98 Å². The number of pyridine rings is 1. The Morgan fingerprint density at radius 3 is 2.36 bits per heavy atom. The molecule has 1 N–H and O–H groups in total. The minimum Gasteiger partial charge on any atom is -0.478 e. The lowest BCUT2D eigenvalue weighted by Crippen LogP contribution is -2.20. The Hall–Kier alpha value is -1.38. The largest absolute Gasteiger partial charge is 0.478 e. The maximum absolute atomic E-state index is 11.0. The quantitative estimate of drug-likeness (QED) is 0.745. The summed E-state index contributed by atoms with van der Waals surface area (Å²) in [5.41, 5.74) is 1.50. The van der Waals surface area contributed by atoms with E-state index in [0.29, 0.717) is 11.3 Å². The lowest BCUT2D eigenvalue weighted by Gasteiger charge is -2.20. The van der Waals surface area contributed by atoms with Crippen LogP contribution in [0.4, 0.5) is 0 Å². The third-order valence-electron chi connectivity index (χ3n) is 2.08. The molecule has 0 spiro atoms. The van der Waals surface area contributed by atoms with Crippen LogP contribution in [0.5, 0.6) is 0 Å². The molecule has 0 saturated heterocycles. The van der Waals surface area contributed by atoms with Gasteiger partial charge in [0.15, 0.2) is 0 Å². The van der Waals surface area contributed by atoms with Gasteiger partial charge in [0.2, 0.25) is 0 Å². The molecule has 0 atom stereocenters. The van der Waals surface area contributed by atoms with Gasteiger partial charge >= 0.3 is 5.97 Å². The first kappa shape index (κ1) is 10.7. The Morgan fingerprint density at radius 2 is 2.00 bits per heavy atom. The van der Waals surface area contributed by atoms with Crippen molar-refractivity contribution in [2.75, 3.05) is 0 Å². The molecule has 3 nitrogen and oxygen atoms in total. The van der Waals surface area contributed by atoms with Crippen LogP contribution in [0.3, 0.4) is 0 Å². The number of carboxylic acids is 1. The average molecular weight is 193 g/mol. The highest BCUT2D eigenvalue weighted by Crippen LogP contribution is 2.25. The highest BCUT2D eigenvalue weighted by Gasteiger charge is 2.24. The van der Waals surface area contributed by atoms with Gasteiger partial charge in [0.05, 0.1) is 11.3 Å². The standard InChI is InChI=1S/C11H15NO2/c1-7-5-6-12-9(11(2,3)4)8(7)10(13)14/h5-6H,1-4H3,(H,13,14). The Bertz CT molecular complexity index is 364. The molecule has 0 bridgehead atoms. The minimum atomic E-state index is -0.902. The third kappa shape index (κ3) is 1.92. The molecule has 0 aliphatic carbocycles. The lowest BCUT2D eigenvalue weighted by molar-refractivity contribution is 0.0692. The molecule has 1 aromatic heterocycles. The second-order valence-electron chi connectivity index (χ2n) is 4.41. The van der Waals surface area contributed by atoms with Crippen LogP contribution >= 0.6 is 0 Å². The maximum Gasteiger partial charge on any atom is 0.337 e. The Labute approximate surface area is 83.8 Å². The summed E-state index contributed by atoms with van der Waals surface area (Å²) < 4.78 is 0. The van der Waals surface area contributed by atoms with Crippen LogP contribution in [0.2, 0.25) is 0 Å². The minimum absolute atomic E-state index is 0.236. The van der Waals surface area contributed by atoms with Crippen molar-refractivity contribution in [2.24, 2.45) is 0 Å². The molecule has 0 aliphatic rings. The van der Waals surface area contributed by atoms with E-state index in [-0.39, 0.29) is 5.41 Å². The van der Waals surface area contributed by atoms with Crippen LogP contribution < -0.4 is 0 Å². The number of rotatable bonds is 1. The Kier molecular flexibility index (Phi) is 2.60. The predicted molar refractivity (Wildman–Crippen MR) is 54.6 cm³/mol. The lowest BCUT2D eigenvalue weighted by atomic mass is 9.87. The van der Waals surface area contributed by atoms with E-state index in [9.17, 15) is 4.79 Å². The van der Waals surface area contributed by atoms with E-state index < -0.39 is 5.97 Å². The molecule has 76 valence electrons. The Morgan fingerprint density at radius 1 is 1.43 bits per heavy atom. The van der Waals surface area contributed by atoms with E-state index >= 15 is 0 Å². The zero-order valence-electron chi connectivity index (χ0n) is 8.96. The fourth-order valence-corrected chi connectivity index (χ4v) is 1.40. The van der Waals surface area contributed by atoms with E-state index in [1.165, 1.54) is 0 Å². The maximum atomic E-state index is 11.0. The Balaban J connectivity index is 3.44. The highest BCUT2D eigenvalue weighted by atomic mass is 16.4. The van der Waals surface area contributed by atoms with Crippen molar-refractivity contribution in [1.29, 1.82) is 0 Å². The summed E-state index contributed by atoms with van der Waals surface area (Å²) in [7, 11) is 0. The van der Waals surface area contributed by atoms with Crippen LogP contribution in [0.25, 0.3) is 0 Å². The van der Waals surface area contributed by atoms with E-state index in [1.54, 1.807) is 19.2 Å². The molecule has 0 fully saturated rings. The summed E-state index contributed by atoms with van der Waals surface area (Å²) in [6.07, 6.45) is 1.66. The zero-order chi connectivity index (χ0) is 10.9. The first-order valence-corrected chi connectivity index (χ1v) is 4.53. The normalized spacial score (nSPS) is 11.4. The molecular formula is C11H15NO2. The van der Waals surface area contributed by atoms with Gasteiger partial charge in [-0.15, -0.1) is 0 Å². The summed E-state index contributed by atoms with van der Waals surface area (Å²) in [5.74, 6) is -0.902.